The number of carbonyl (C=O) groups excluding carboxylic acids is 2. The van der Waals surface area contributed by atoms with Crippen molar-refractivity contribution in [2.24, 2.45) is 0 Å². The van der Waals surface area contributed by atoms with Crippen LogP contribution in [0.1, 0.15) is 31.1 Å². The summed E-state index contributed by atoms with van der Waals surface area (Å²) in [4.78, 5) is 22.4. The number of ether oxygens (including phenoxy) is 3. The van der Waals surface area contributed by atoms with Crippen LogP contribution in [-0.4, -0.2) is 37.4 Å². The quantitative estimate of drug-likeness (QED) is 0.716. The third kappa shape index (κ3) is 6.33. The fourth-order valence-electron chi connectivity index (χ4n) is 1.44. The minimum Gasteiger partial charge on any atom is -0.463 e. The first-order chi connectivity index (χ1) is 9.49. The molecule has 2 unspecified atom stereocenters. The topological polar surface area (TPSA) is 61.8 Å². The second kappa shape index (κ2) is 8.32. The Labute approximate surface area is 118 Å². The Morgan fingerprint density at radius 2 is 1.70 bits per heavy atom. The van der Waals surface area contributed by atoms with Crippen LogP contribution in [0.2, 0.25) is 0 Å². The smallest absolute Gasteiger partial charge is 0.338 e. The van der Waals surface area contributed by atoms with Crippen molar-refractivity contribution in [2.75, 3.05) is 13.2 Å². The Kier molecular flexibility index (Phi) is 6.73. The largest absolute Gasteiger partial charge is 0.463 e. The van der Waals surface area contributed by atoms with E-state index < -0.39 is 0 Å². The van der Waals surface area contributed by atoms with Crippen LogP contribution >= 0.6 is 0 Å². The summed E-state index contributed by atoms with van der Waals surface area (Å²) < 4.78 is 15.5. The van der Waals surface area contributed by atoms with E-state index in [9.17, 15) is 9.59 Å². The van der Waals surface area contributed by atoms with Crippen molar-refractivity contribution < 1.29 is 23.8 Å². The number of hydrogen-bond donors (Lipinski definition) is 0. The lowest BCUT2D eigenvalue weighted by Crippen LogP contribution is -2.25. The number of benzene rings is 1. The Balaban J connectivity index is 2.28. The first-order valence-corrected chi connectivity index (χ1v) is 6.50. The summed E-state index contributed by atoms with van der Waals surface area (Å²) in [6.07, 6.45) is -0.612. The molecule has 0 spiro atoms. The number of esters is 2. The van der Waals surface area contributed by atoms with Gasteiger partial charge in [0, 0.05) is 6.92 Å². The molecule has 0 saturated heterocycles. The standard InChI is InChI=1S/C15H20O5/c1-11(9-19-13(3)16)18-10-12(2)20-15(17)14-7-5-4-6-8-14/h4-8,11-12H,9-10H2,1-3H3. The van der Waals surface area contributed by atoms with Gasteiger partial charge in [0.15, 0.2) is 0 Å². The predicted octanol–water partition coefficient (Wildman–Crippen LogP) is 2.20. The predicted molar refractivity (Wildman–Crippen MR) is 73.4 cm³/mol. The lowest BCUT2D eigenvalue weighted by molar-refractivity contribution is -0.145. The summed E-state index contributed by atoms with van der Waals surface area (Å²) in [5, 5.41) is 0. The molecule has 0 N–H and O–H groups in total. The van der Waals surface area contributed by atoms with Crippen LogP contribution in [0.4, 0.5) is 0 Å². The molecule has 1 aromatic carbocycles. The zero-order chi connectivity index (χ0) is 15.0. The van der Waals surface area contributed by atoms with Gasteiger partial charge in [-0.2, -0.15) is 0 Å². The van der Waals surface area contributed by atoms with E-state index in [2.05, 4.69) is 0 Å². The molecule has 1 rings (SSSR count). The average Bonchev–Trinajstić information content (AvgIpc) is 2.43. The fourth-order valence-corrected chi connectivity index (χ4v) is 1.44. The summed E-state index contributed by atoms with van der Waals surface area (Å²) >= 11 is 0. The Morgan fingerprint density at radius 1 is 1.05 bits per heavy atom. The first-order valence-electron chi connectivity index (χ1n) is 6.50. The van der Waals surface area contributed by atoms with Gasteiger partial charge in [0.05, 0.1) is 18.3 Å². The maximum atomic E-state index is 11.8. The molecule has 5 heteroatoms. The van der Waals surface area contributed by atoms with Crippen LogP contribution in [0.15, 0.2) is 30.3 Å². The molecule has 0 bridgehead atoms. The molecule has 20 heavy (non-hydrogen) atoms. The Bertz CT molecular complexity index is 429. The fraction of sp³-hybridized carbons (Fsp3) is 0.467. The summed E-state index contributed by atoms with van der Waals surface area (Å²) in [7, 11) is 0. The third-order valence-corrected chi connectivity index (χ3v) is 2.45. The summed E-state index contributed by atoms with van der Waals surface area (Å²) in [6.45, 7) is 5.32. The molecule has 0 amide bonds. The summed E-state index contributed by atoms with van der Waals surface area (Å²) in [5.74, 6) is -0.724. The maximum Gasteiger partial charge on any atom is 0.338 e. The monoisotopic (exact) mass is 280 g/mol. The molecule has 0 aliphatic carbocycles. The molecule has 5 nitrogen and oxygen atoms in total. The lowest BCUT2D eigenvalue weighted by atomic mass is 10.2. The number of rotatable bonds is 7. The van der Waals surface area contributed by atoms with Crippen molar-refractivity contribution >= 4 is 11.9 Å². The van der Waals surface area contributed by atoms with Gasteiger partial charge in [0.25, 0.3) is 0 Å². The average molecular weight is 280 g/mol. The van der Waals surface area contributed by atoms with E-state index in [1.165, 1.54) is 6.92 Å². The van der Waals surface area contributed by atoms with Gasteiger partial charge in [-0.3, -0.25) is 4.79 Å². The van der Waals surface area contributed by atoms with Crippen molar-refractivity contribution in [1.82, 2.24) is 0 Å². The Morgan fingerprint density at radius 3 is 2.30 bits per heavy atom. The highest BCUT2D eigenvalue weighted by Crippen LogP contribution is 2.05. The molecule has 0 radical (unpaired) electrons. The van der Waals surface area contributed by atoms with Gasteiger partial charge in [-0.15, -0.1) is 0 Å². The van der Waals surface area contributed by atoms with Crippen LogP contribution in [0.3, 0.4) is 0 Å². The minimum absolute atomic E-state index is 0.189. The second-order valence-electron chi connectivity index (χ2n) is 4.53. The van der Waals surface area contributed by atoms with Crippen molar-refractivity contribution in [2.45, 2.75) is 33.0 Å². The SMILES string of the molecule is CC(=O)OCC(C)OCC(C)OC(=O)c1ccccc1. The van der Waals surface area contributed by atoms with Gasteiger partial charge in [-0.05, 0) is 26.0 Å². The maximum absolute atomic E-state index is 11.8. The summed E-state index contributed by atoms with van der Waals surface area (Å²) in [5.41, 5.74) is 0.507. The molecule has 110 valence electrons. The van der Waals surface area contributed by atoms with Crippen LogP contribution < -0.4 is 0 Å². The van der Waals surface area contributed by atoms with Crippen molar-refractivity contribution in [3.8, 4) is 0 Å². The molecule has 0 saturated carbocycles. The molecule has 0 aliphatic heterocycles. The van der Waals surface area contributed by atoms with Gasteiger partial charge in [0.1, 0.15) is 12.7 Å². The summed E-state index contributed by atoms with van der Waals surface area (Å²) in [6, 6.07) is 8.77. The van der Waals surface area contributed by atoms with Crippen LogP contribution in [0.25, 0.3) is 0 Å². The van der Waals surface area contributed by atoms with Gasteiger partial charge in [-0.1, -0.05) is 18.2 Å². The number of carbonyl (C=O) groups is 2. The van der Waals surface area contributed by atoms with E-state index >= 15 is 0 Å². The van der Waals surface area contributed by atoms with Crippen molar-refractivity contribution in [3.05, 3.63) is 35.9 Å². The normalized spacial score (nSPS) is 13.3. The van der Waals surface area contributed by atoms with E-state index in [1.54, 1.807) is 38.1 Å². The minimum atomic E-state index is -0.380. The highest BCUT2D eigenvalue weighted by atomic mass is 16.6. The molecule has 0 aromatic heterocycles. The van der Waals surface area contributed by atoms with Crippen LogP contribution in [-0.2, 0) is 19.0 Å². The highest BCUT2D eigenvalue weighted by molar-refractivity contribution is 5.89. The van der Waals surface area contributed by atoms with E-state index in [0.717, 1.165) is 0 Å². The molecular formula is C15H20O5. The Hall–Kier alpha value is -1.88. The molecule has 0 aliphatic rings. The first kappa shape index (κ1) is 16.2. The highest BCUT2D eigenvalue weighted by Gasteiger charge is 2.13. The molecule has 0 heterocycles. The van der Waals surface area contributed by atoms with Gasteiger partial charge in [0.2, 0.25) is 0 Å². The van der Waals surface area contributed by atoms with E-state index in [4.69, 9.17) is 14.2 Å². The van der Waals surface area contributed by atoms with Crippen LogP contribution in [0, 0.1) is 0 Å². The third-order valence-electron chi connectivity index (χ3n) is 2.45. The van der Waals surface area contributed by atoms with Crippen molar-refractivity contribution in [1.29, 1.82) is 0 Å². The lowest BCUT2D eigenvalue weighted by Gasteiger charge is -2.17. The molecule has 2 atom stereocenters. The zero-order valence-corrected chi connectivity index (χ0v) is 12.0. The molecule has 0 fully saturated rings. The second-order valence-corrected chi connectivity index (χ2v) is 4.53. The van der Waals surface area contributed by atoms with E-state index in [0.29, 0.717) is 5.56 Å². The van der Waals surface area contributed by atoms with Gasteiger partial charge < -0.3 is 14.2 Å². The zero-order valence-electron chi connectivity index (χ0n) is 12.0. The van der Waals surface area contributed by atoms with Gasteiger partial charge >= 0.3 is 11.9 Å². The van der Waals surface area contributed by atoms with Gasteiger partial charge in [-0.25, -0.2) is 4.79 Å². The van der Waals surface area contributed by atoms with Crippen LogP contribution in [0.5, 0.6) is 0 Å². The van der Waals surface area contributed by atoms with E-state index in [-0.39, 0.29) is 37.4 Å². The molecular weight excluding hydrogens is 260 g/mol. The van der Waals surface area contributed by atoms with E-state index in [1.807, 2.05) is 6.07 Å². The number of hydrogen-bond acceptors (Lipinski definition) is 5. The van der Waals surface area contributed by atoms with Crippen molar-refractivity contribution in [3.63, 3.8) is 0 Å². The molecule has 1 aromatic rings.